The molecule has 0 saturated heterocycles. The van der Waals surface area contributed by atoms with Gasteiger partial charge in [0.2, 0.25) is 0 Å². The van der Waals surface area contributed by atoms with E-state index in [2.05, 4.69) is 0 Å². The molecule has 0 spiro atoms. The van der Waals surface area contributed by atoms with Gasteiger partial charge >= 0.3 is 0 Å². The predicted octanol–water partition coefficient (Wildman–Crippen LogP) is -0.767. The van der Waals surface area contributed by atoms with E-state index in [1.54, 1.807) is 0 Å². The Morgan fingerprint density at radius 3 is 2.44 bits per heavy atom. The largest absolute Gasteiger partial charge is 0.382 e. The van der Waals surface area contributed by atoms with Crippen molar-refractivity contribution in [3.05, 3.63) is 0 Å². The molecular formula is C5H10FNO2. The first-order valence-corrected chi connectivity index (χ1v) is 2.62. The van der Waals surface area contributed by atoms with Crippen molar-refractivity contribution in [3.8, 4) is 0 Å². The lowest BCUT2D eigenvalue weighted by molar-refractivity contribution is -0.127. The zero-order chi connectivity index (χ0) is 7.44. The van der Waals surface area contributed by atoms with Crippen LogP contribution >= 0.6 is 0 Å². The molecule has 0 rings (SSSR count). The highest BCUT2D eigenvalue weighted by molar-refractivity contribution is 5.80. The zero-order valence-corrected chi connectivity index (χ0v) is 5.17. The van der Waals surface area contributed by atoms with Gasteiger partial charge in [-0.3, -0.25) is 4.79 Å². The molecule has 0 saturated carbocycles. The van der Waals surface area contributed by atoms with Gasteiger partial charge in [-0.05, 0) is 6.92 Å². The molecule has 0 heterocycles. The van der Waals surface area contributed by atoms with E-state index in [1.807, 2.05) is 0 Å². The number of hydrogen-bond donors (Lipinski definition) is 2. The van der Waals surface area contributed by atoms with Crippen LogP contribution in [-0.4, -0.2) is 29.7 Å². The van der Waals surface area contributed by atoms with Crippen molar-refractivity contribution in [2.24, 2.45) is 5.73 Å². The van der Waals surface area contributed by atoms with E-state index in [0.29, 0.717) is 0 Å². The Labute approximate surface area is 52.7 Å². The molecule has 0 radical (unpaired) electrons. The third kappa shape index (κ3) is 2.53. The third-order valence-electron chi connectivity index (χ3n) is 0.984. The number of carbonyl (C=O) groups is 1. The second-order valence-corrected chi connectivity index (χ2v) is 1.81. The second-order valence-electron chi connectivity index (χ2n) is 1.81. The monoisotopic (exact) mass is 135 g/mol. The summed E-state index contributed by atoms with van der Waals surface area (Å²) in [5, 5.41) is 8.59. The summed E-state index contributed by atoms with van der Waals surface area (Å²) in [4.78, 5) is 10.2. The Kier molecular flexibility index (Phi) is 3.34. The SMILES string of the molecule is CC(=O)[C@@H](O)[C@H](F)CN. The van der Waals surface area contributed by atoms with Crippen LogP contribution in [0.1, 0.15) is 6.92 Å². The van der Waals surface area contributed by atoms with Crippen LogP contribution in [0, 0.1) is 0 Å². The van der Waals surface area contributed by atoms with Crippen LogP contribution in [-0.2, 0) is 4.79 Å². The van der Waals surface area contributed by atoms with Crippen LogP contribution in [0.25, 0.3) is 0 Å². The van der Waals surface area contributed by atoms with Gasteiger partial charge in [0.15, 0.2) is 5.78 Å². The van der Waals surface area contributed by atoms with E-state index in [1.165, 1.54) is 0 Å². The molecule has 0 unspecified atom stereocenters. The number of halogens is 1. The maximum atomic E-state index is 12.2. The van der Waals surface area contributed by atoms with Crippen LogP contribution < -0.4 is 5.73 Å². The first kappa shape index (κ1) is 8.52. The van der Waals surface area contributed by atoms with Gasteiger partial charge in [-0.25, -0.2) is 4.39 Å². The van der Waals surface area contributed by atoms with Crippen molar-refractivity contribution in [1.82, 2.24) is 0 Å². The van der Waals surface area contributed by atoms with Crippen LogP contribution in [0.3, 0.4) is 0 Å². The van der Waals surface area contributed by atoms with Crippen molar-refractivity contribution in [1.29, 1.82) is 0 Å². The Morgan fingerprint density at radius 2 is 2.33 bits per heavy atom. The number of aliphatic hydroxyl groups is 1. The molecule has 0 aromatic heterocycles. The first-order chi connectivity index (χ1) is 4.09. The fraction of sp³-hybridized carbons (Fsp3) is 0.800. The molecule has 0 aliphatic rings. The molecule has 3 nitrogen and oxygen atoms in total. The third-order valence-corrected chi connectivity index (χ3v) is 0.984. The van der Waals surface area contributed by atoms with Gasteiger partial charge in [0, 0.05) is 6.54 Å². The summed E-state index contributed by atoms with van der Waals surface area (Å²) in [5.74, 6) is -0.590. The Balaban J connectivity index is 3.72. The highest BCUT2D eigenvalue weighted by atomic mass is 19.1. The van der Waals surface area contributed by atoms with Gasteiger partial charge in [-0.15, -0.1) is 0 Å². The quantitative estimate of drug-likeness (QED) is 0.534. The Morgan fingerprint density at radius 1 is 1.89 bits per heavy atom. The fourth-order valence-electron chi connectivity index (χ4n) is 0.384. The fourth-order valence-corrected chi connectivity index (χ4v) is 0.384. The normalized spacial score (nSPS) is 16.9. The van der Waals surface area contributed by atoms with E-state index in [-0.39, 0.29) is 6.54 Å². The molecule has 4 heteroatoms. The molecular weight excluding hydrogens is 125 g/mol. The molecule has 0 aromatic rings. The molecule has 3 N–H and O–H groups in total. The standard InChI is InChI=1S/C5H10FNO2/c1-3(8)5(9)4(6)2-7/h4-5,9H,2,7H2,1H3/t4-,5-/m1/s1. The van der Waals surface area contributed by atoms with Gasteiger partial charge in [0.25, 0.3) is 0 Å². The molecule has 9 heavy (non-hydrogen) atoms. The number of alkyl halides is 1. The van der Waals surface area contributed by atoms with E-state index in [0.717, 1.165) is 6.92 Å². The Hall–Kier alpha value is -0.480. The average molecular weight is 135 g/mol. The number of ketones is 1. The molecule has 0 fully saturated rings. The number of rotatable bonds is 3. The molecule has 0 aliphatic carbocycles. The number of hydrogen-bond acceptors (Lipinski definition) is 3. The van der Waals surface area contributed by atoms with Crippen molar-refractivity contribution in [2.45, 2.75) is 19.2 Å². The van der Waals surface area contributed by atoms with Crippen molar-refractivity contribution in [3.63, 3.8) is 0 Å². The Bertz CT molecular complexity index is 107. The van der Waals surface area contributed by atoms with Gasteiger partial charge in [0.1, 0.15) is 12.3 Å². The van der Waals surface area contributed by atoms with Crippen LogP contribution in [0.5, 0.6) is 0 Å². The van der Waals surface area contributed by atoms with Gasteiger partial charge in [-0.1, -0.05) is 0 Å². The van der Waals surface area contributed by atoms with E-state index >= 15 is 0 Å². The second kappa shape index (κ2) is 3.53. The van der Waals surface area contributed by atoms with E-state index in [9.17, 15) is 9.18 Å². The minimum atomic E-state index is -1.62. The van der Waals surface area contributed by atoms with Crippen LogP contribution in [0.15, 0.2) is 0 Å². The summed E-state index contributed by atoms with van der Waals surface area (Å²) in [6.45, 7) is 0.799. The lowest BCUT2D eigenvalue weighted by Gasteiger charge is -2.08. The minimum Gasteiger partial charge on any atom is -0.382 e. The lowest BCUT2D eigenvalue weighted by Crippen LogP contribution is -2.34. The van der Waals surface area contributed by atoms with Crippen molar-refractivity contribution >= 4 is 5.78 Å². The molecule has 54 valence electrons. The van der Waals surface area contributed by atoms with E-state index < -0.39 is 18.1 Å². The summed E-state index contributed by atoms with van der Waals surface area (Å²) < 4.78 is 12.2. The maximum Gasteiger partial charge on any atom is 0.161 e. The first-order valence-electron chi connectivity index (χ1n) is 2.62. The van der Waals surface area contributed by atoms with Gasteiger partial charge in [-0.2, -0.15) is 0 Å². The lowest BCUT2D eigenvalue weighted by atomic mass is 10.1. The zero-order valence-electron chi connectivity index (χ0n) is 5.17. The average Bonchev–Trinajstić information content (AvgIpc) is 1.84. The molecule has 0 aromatic carbocycles. The van der Waals surface area contributed by atoms with Gasteiger partial charge in [0.05, 0.1) is 0 Å². The number of nitrogens with two attached hydrogens (primary N) is 1. The highest BCUT2D eigenvalue weighted by Crippen LogP contribution is 1.96. The van der Waals surface area contributed by atoms with Crippen LogP contribution in [0.4, 0.5) is 4.39 Å². The number of aliphatic hydroxyl groups excluding tert-OH is 1. The molecule has 2 atom stereocenters. The topological polar surface area (TPSA) is 63.3 Å². The summed E-state index contributed by atoms with van der Waals surface area (Å²) >= 11 is 0. The van der Waals surface area contributed by atoms with Crippen molar-refractivity contribution < 1.29 is 14.3 Å². The summed E-state index contributed by atoms with van der Waals surface area (Å²) in [7, 11) is 0. The summed E-state index contributed by atoms with van der Waals surface area (Å²) in [6.07, 6.45) is -3.17. The maximum absolute atomic E-state index is 12.2. The van der Waals surface area contributed by atoms with E-state index in [4.69, 9.17) is 10.8 Å². The molecule has 0 bridgehead atoms. The molecule has 0 amide bonds. The summed E-state index contributed by atoms with van der Waals surface area (Å²) in [5.41, 5.74) is 4.82. The number of carbonyl (C=O) groups excluding carboxylic acids is 1. The molecule has 0 aliphatic heterocycles. The smallest absolute Gasteiger partial charge is 0.161 e. The number of Topliss-reactive ketones (excluding diaryl/α,β-unsaturated/α-hetero) is 1. The summed E-state index contributed by atoms with van der Waals surface area (Å²) in [6, 6.07) is 0. The van der Waals surface area contributed by atoms with Gasteiger partial charge < -0.3 is 10.8 Å². The highest BCUT2D eigenvalue weighted by Gasteiger charge is 2.20. The predicted molar refractivity (Wildman–Crippen MR) is 30.6 cm³/mol. The minimum absolute atomic E-state index is 0.319. The van der Waals surface area contributed by atoms with Crippen molar-refractivity contribution in [2.75, 3.05) is 6.54 Å². The van der Waals surface area contributed by atoms with Crippen LogP contribution in [0.2, 0.25) is 0 Å².